The number of aromatic amines is 1. The Balaban J connectivity index is 1.75. The third-order valence-corrected chi connectivity index (χ3v) is 5.40. The summed E-state index contributed by atoms with van der Waals surface area (Å²) in [5.41, 5.74) is 2.10. The molecule has 1 aliphatic heterocycles. The number of benzene rings is 1. The predicted octanol–water partition coefficient (Wildman–Crippen LogP) is 1.94. The molecule has 1 aromatic carbocycles. The number of aryl methyl sites for hydroxylation is 1. The van der Waals surface area contributed by atoms with Gasteiger partial charge < -0.3 is 19.4 Å². The number of nitrogens with one attached hydrogen (secondary N) is 1. The van der Waals surface area contributed by atoms with E-state index in [1.54, 1.807) is 43.0 Å². The second-order valence-electron chi connectivity index (χ2n) is 7.39. The van der Waals surface area contributed by atoms with E-state index in [1.807, 2.05) is 12.1 Å². The number of nitriles is 1. The molecule has 1 N–H and O–H groups in total. The lowest BCUT2D eigenvalue weighted by molar-refractivity contribution is -0.162. The van der Waals surface area contributed by atoms with E-state index in [1.165, 1.54) is 0 Å². The normalized spacial score (nSPS) is 14.5. The predicted molar refractivity (Wildman–Crippen MR) is 112 cm³/mol. The Hall–Kier alpha value is -3.44. The molecular formula is C23H25N3O5. The van der Waals surface area contributed by atoms with Gasteiger partial charge in [-0.05, 0) is 31.4 Å². The van der Waals surface area contributed by atoms with Crippen molar-refractivity contribution in [2.45, 2.75) is 32.8 Å². The van der Waals surface area contributed by atoms with Crippen LogP contribution in [0.4, 0.5) is 0 Å². The zero-order valence-electron chi connectivity index (χ0n) is 17.6. The van der Waals surface area contributed by atoms with E-state index in [0.717, 1.165) is 5.56 Å². The first-order valence-electron chi connectivity index (χ1n) is 10.2. The summed E-state index contributed by atoms with van der Waals surface area (Å²) in [4.78, 5) is 41.9. The van der Waals surface area contributed by atoms with Gasteiger partial charge in [-0.1, -0.05) is 30.3 Å². The molecule has 3 rings (SSSR count). The maximum atomic E-state index is 13.1. The van der Waals surface area contributed by atoms with Gasteiger partial charge in [-0.25, -0.2) is 0 Å². The van der Waals surface area contributed by atoms with Crippen molar-refractivity contribution in [3.63, 3.8) is 0 Å². The van der Waals surface area contributed by atoms with Gasteiger partial charge in [0.25, 0.3) is 11.5 Å². The van der Waals surface area contributed by atoms with Crippen LogP contribution in [0, 0.1) is 25.2 Å². The third-order valence-electron chi connectivity index (χ3n) is 5.40. The number of esters is 1. The van der Waals surface area contributed by atoms with Crippen molar-refractivity contribution in [2.24, 2.45) is 0 Å². The topological polar surface area (TPSA) is 112 Å². The number of aromatic nitrogens is 1. The molecule has 2 heterocycles. The number of hydrogen-bond donors (Lipinski definition) is 1. The minimum Gasteiger partial charge on any atom is -0.447 e. The van der Waals surface area contributed by atoms with Crippen molar-refractivity contribution in [3.8, 4) is 6.07 Å². The van der Waals surface area contributed by atoms with Crippen molar-refractivity contribution in [1.82, 2.24) is 9.88 Å². The maximum absolute atomic E-state index is 13.1. The van der Waals surface area contributed by atoms with Crippen LogP contribution in [0.15, 0.2) is 35.1 Å². The van der Waals surface area contributed by atoms with E-state index >= 15 is 0 Å². The standard InChI is InChI=1S/C23H25N3O5/c1-15-18(16(2)25-22(28)19(15)14-24)8-9-20(27)31-21(17-6-4-3-5-7-17)23(29)26-10-12-30-13-11-26/h3-7,21H,8-13H2,1-2H3,(H,25,28)/t21-/m0/s1. The number of pyridine rings is 1. The summed E-state index contributed by atoms with van der Waals surface area (Å²) in [6.45, 7) is 5.22. The van der Waals surface area contributed by atoms with Crippen LogP contribution in [0.25, 0.3) is 0 Å². The van der Waals surface area contributed by atoms with Gasteiger partial charge >= 0.3 is 5.97 Å². The molecule has 0 radical (unpaired) electrons. The molecule has 1 aromatic heterocycles. The monoisotopic (exact) mass is 423 g/mol. The lowest BCUT2D eigenvalue weighted by Crippen LogP contribution is -2.44. The van der Waals surface area contributed by atoms with Crippen LogP contribution in [0.1, 0.15) is 40.5 Å². The number of rotatable bonds is 6. The summed E-state index contributed by atoms with van der Waals surface area (Å²) in [7, 11) is 0. The molecule has 31 heavy (non-hydrogen) atoms. The number of hydrogen-bond acceptors (Lipinski definition) is 6. The lowest BCUT2D eigenvalue weighted by atomic mass is 9.99. The average Bonchev–Trinajstić information content (AvgIpc) is 2.78. The van der Waals surface area contributed by atoms with E-state index in [9.17, 15) is 19.6 Å². The highest BCUT2D eigenvalue weighted by Gasteiger charge is 2.30. The van der Waals surface area contributed by atoms with Gasteiger partial charge in [-0.15, -0.1) is 0 Å². The zero-order chi connectivity index (χ0) is 22.4. The van der Waals surface area contributed by atoms with Crippen molar-refractivity contribution < 1.29 is 19.1 Å². The summed E-state index contributed by atoms with van der Waals surface area (Å²) in [5.74, 6) is -0.801. The van der Waals surface area contributed by atoms with E-state index < -0.39 is 17.6 Å². The molecule has 1 saturated heterocycles. The summed E-state index contributed by atoms with van der Waals surface area (Å²) in [6.07, 6.45) is -0.729. The Labute approximate surface area is 180 Å². The van der Waals surface area contributed by atoms with E-state index in [4.69, 9.17) is 9.47 Å². The number of H-pyrrole nitrogens is 1. The Morgan fingerprint density at radius 1 is 1.23 bits per heavy atom. The van der Waals surface area contributed by atoms with Gasteiger partial charge in [-0.3, -0.25) is 14.4 Å². The van der Waals surface area contributed by atoms with Crippen LogP contribution < -0.4 is 5.56 Å². The Morgan fingerprint density at radius 3 is 2.55 bits per heavy atom. The number of ether oxygens (including phenoxy) is 2. The smallest absolute Gasteiger partial charge is 0.307 e. The molecule has 0 saturated carbocycles. The van der Waals surface area contributed by atoms with Gasteiger partial charge in [0.2, 0.25) is 6.10 Å². The van der Waals surface area contributed by atoms with Gasteiger partial charge in [0.05, 0.1) is 13.2 Å². The molecule has 8 nitrogen and oxygen atoms in total. The maximum Gasteiger partial charge on any atom is 0.307 e. The molecule has 0 bridgehead atoms. The molecule has 8 heteroatoms. The van der Waals surface area contributed by atoms with Gasteiger partial charge in [0.15, 0.2) is 0 Å². The van der Waals surface area contributed by atoms with Gasteiger partial charge in [0, 0.05) is 30.8 Å². The molecule has 1 aliphatic rings. The van der Waals surface area contributed by atoms with Crippen molar-refractivity contribution in [3.05, 3.63) is 68.6 Å². The third kappa shape index (κ3) is 5.19. The SMILES string of the molecule is Cc1[nH]c(=O)c(C#N)c(C)c1CCC(=O)O[C@H](C(=O)N1CCOCC1)c1ccccc1. The fourth-order valence-corrected chi connectivity index (χ4v) is 3.68. The van der Waals surface area contributed by atoms with Crippen LogP contribution in [-0.2, 0) is 25.5 Å². The van der Waals surface area contributed by atoms with Gasteiger partial charge in [-0.2, -0.15) is 5.26 Å². The summed E-state index contributed by atoms with van der Waals surface area (Å²) < 4.78 is 10.9. The Bertz CT molecular complexity index is 1050. The van der Waals surface area contributed by atoms with Crippen LogP contribution in [0.5, 0.6) is 0 Å². The molecule has 0 aliphatic carbocycles. The second kappa shape index (κ2) is 10.0. The van der Waals surface area contributed by atoms with Crippen LogP contribution in [0.2, 0.25) is 0 Å². The molecule has 2 aromatic rings. The fourth-order valence-electron chi connectivity index (χ4n) is 3.68. The highest BCUT2D eigenvalue weighted by molar-refractivity contribution is 5.85. The first kappa shape index (κ1) is 22.2. The van der Waals surface area contributed by atoms with Crippen molar-refractivity contribution in [2.75, 3.05) is 26.3 Å². The van der Waals surface area contributed by atoms with E-state index in [0.29, 0.717) is 43.1 Å². The number of carbonyl (C=O) groups is 2. The van der Waals surface area contributed by atoms with Gasteiger partial charge in [0.1, 0.15) is 11.6 Å². The molecule has 1 amide bonds. The number of amides is 1. The highest BCUT2D eigenvalue weighted by atomic mass is 16.5. The summed E-state index contributed by atoms with van der Waals surface area (Å²) in [5, 5.41) is 9.21. The summed E-state index contributed by atoms with van der Waals surface area (Å²) in [6, 6.07) is 10.8. The highest BCUT2D eigenvalue weighted by Crippen LogP contribution is 2.23. The fraction of sp³-hybridized carbons (Fsp3) is 0.391. The molecule has 0 spiro atoms. The summed E-state index contributed by atoms with van der Waals surface area (Å²) >= 11 is 0. The first-order chi connectivity index (χ1) is 14.9. The van der Waals surface area contributed by atoms with Crippen molar-refractivity contribution >= 4 is 11.9 Å². The minimum absolute atomic E-state index is 0.0122. The van der Waals surface area contributed by atoms with Crippen molar-refractivity contribution in [1.29, 1.82) is 5.26 Å². The first-order valence-corrected chi connectivity index (χ1v) is 10.2. The second-order valence-corrected chi connectivity index (χ2v) is 7.39. The van der Waals surface area contributed by atoms with E-state index in [2.05, 4.69) is 4.98 Å². The minimum atomic E-state index is -1.03. The Kier molecular flexibility index (Phi) is 7.21. The average molecular weight is 423 g/mol. The number of nitrogens with zero attached hydrogens (tertiary/aromatic N) is 2. The zero-order valence-corrected chi connectivity index (χ0v) is 17.6. The Morgan fingerprint density at radius 2 is 1.90 bits per heavy atom. The molecular weight excluding hydrogens is 398 g/mol. The molecule has 0 unspecified atom stereocenters. The van der Waals surface area contributed by atoms with Crippen LogP contribution >= 0.6 is 0 Å². The largest absolute Gasteiger partial charge is 0.447 e. The molecule has 1 atom stereocenters. The van der Waals surface area contributed by atoms with Crippen LogP contribution in [-0.4, -0.2) is 48.1 Å². The molecule has 162 valence electrons. The quantitative estimate of drug-likeness (QED) is 0.711. The lowest BCUT2D eigenvalue weighted by Gasteiger charge is -2.30. The van der Waals surface area contributed by atoms with Crippen LogP contribution in [0.3, 0.4) is 0 Å². The van der Waals surface area contributed by atoms with E-state index in [-0.39, 0.29) is 24.3 Å². The number of morpholine rings is 1. The number of carbonyl (C=O) groups excluding carboxylic acids is 2. The molecule has 1 fully saturated rings.